The summed E-state index contributed by atoms with van der Waals surface area (Å²) < 4.78 is 2.82. The van der Waals surface area contributed by atoms with Crippen molar-refractivity contribution in [3.8, 4) is 0 Å². The summed E-state index contributed by atoms with van der Waals surface area (Å²) in [6, 6.07) is 13.0. The van der Waals surface area contributed by atoms with Crippen molar-refractivity contribution < 1.29 is 4.79 Å². The highest BCUT2D eigenvalue weighted by molar-refractivity contribution is 9.10. The first-order valence-electron chi connectivity index (χ1n) is 8.60. The molecular formula is C19H17BrClN5OS. The Hall–Kier alpha value is -2.03. The molecule has 2 unspecified atom stereocenters. The molecule has 0 bridgehead atoms. The third-order valence-corrected chi connectivity index (χ3v) is 6.87. The number of aromatic nitrogens is 3. The minimum absolute atomic E-state index is 0.105. The normalized spacial score (nSPS) is 18.3. The number of amides is 1. The van der Waals surface area contributed by atoms with E-state index in [1.807, 2.05) is 61.0 Å². The van der Waals surface area contributed by atoms with Crippen molar-refractivity contribution in [3.05, 3.63) is 68.9 Å². The molecule has 0 aliphatic carbocycles. The number of aryl methyl sites for hydroxylation is 2. The van der Waals surface area contributed by atoms with Crippen molar-refractivity contribution in [1.29, 1.82) is 0 Å². The molecule has 1 aromatic heterocycles. The van der Waals surface area contributed by atoms with Gasteiger partial charge in [-0.2, -0.15) is 0 Å². The van der Waals surface area contributed by atoms with Crippen LogP contribution in [0.15, 0.2) is 52.1 Å². The number of carbonyl (C=O) groups excluding carboxylic acids is 1. The van der Waals surface area contributed by atoms with Gasteiger partial charge in [0.25, 0.3) is 0 Å². The number of rotatable bonds is 3. The van der Waals surface area contributed by atoms with Gasteiger partial charge < -0.3 is 10.7 Å². The van der Waals surface area contributed by atoms with E-state index in [4.69, 9.17) is 11.6 Å². The minimum Gasteiger partial charge on any atom is -0.325 e. The van der Waals surface area contributed by atoms with Crippen LogP contribution in [0.4, 0.5) is 5.69 Å². The van der Waals surface area contributed by atoms with Crippen molar-refractivity contribution in [1.82, 2.24) is 14.9 Å². The van der Waals surface area contributed by atoms with Gasteiger partial charge in [-0.1, -0.05) is 51.4 Å². The van der Waals surface area contributed by atoms with Gasteiger partial charge in [0.1, 0.15) is 11.1 Å². The van der Waals surface area contributed by atoms with Crippen LogP contribution in [-0.4, -0.2) is 26.0 Å². The van der Waals surface area contributed by atoms with E-state index in [9.17, 15) is 4.79 Å². The van der Waals surface area contributed by atoms with Crippen LogP contribution in [0.3, 0.4) is 0 Å². The number of fused-ring (bicyclic) bond motifs is 1. The average molecular weight is 479 g/mol. The molecule has 0 saturated carbocycles. The zero-order valence-corrected chi connectivity index (χ0v) is 18.3. The molecule has 4 rings (SSSR count). The number of hydrogen-bond donors (Lipinski definition) is 2. The van der Waals surface area contributed by atoms with Crippen LogP contribution in [0, 0.1) is 13.8 Å². The fourth-order valence-corrected chi connectivity index (χ4v) is 4.51. The van der Waals surface area contributed by atoms with Crippen LogP contribution in [-0.2, 0) is 4.79 Å². The third kappa shape index (κ3) is 3.76. The maximum Gasteiger partial charge on any atom is 0.240 e. The summed E-state index contributed by atoms with van der Waals surface area (Å²) >= 11 is 10.9. The second-order valence-corrected chi connectivity index (χ2v) is 8.91. The molecular weight excluding hydrogens is 462 g/mol. The topological polar surface area (TPSA) is 71.8 Å². The molecule has 3 aromatic rings. The molecule has 2 N–H and O–H groups in total. The maximum absolute atomic E-state index is 13.2. The third-order valence-electron chi connectivity index (χ3n) is 4.51. The predicted molar refractivity (Wildman–Crippen MR) is 115 cm³/mol. The van der Waals surface area contributed by atoms with E-state index in [0.717, 1.165) is 27.1 Å². The number of anilines is 1. The molecule has 0 radical (unpaired) electrons. The van der Waals surface area contributed by atoms with Crippen molar-refractivity contribution in [2.45, 2.75) is 30.3 Å². The number of thioether (sulfide) groups is 1. The summed E-state index contributed by atoms with van der Waals surface area (Å²) in [5.74, 6) is 0.634. The zero-order valence-electron chi connectivity index (χ0n) is 15.1. The number of halogens is 2. The number of benzene rings is 2. The number of hydrogen-bond acceptors (Lipinski definition) is 5. The van der Waals surface area contributed by atoms with E-state index in [2.05, 4.69) is 36.9 Å². The lowest BCUT2D eigenvalue weighted by Gasteiger charge is -2.32. The molecule has 0 fully saturated rings. The van der Waals surface area contributed by atoms with Crippen LogP contribution in [0.2, 0.25) is 5.02 Å². The minimum atomic E-state index is -0.429. The first kappa shape index (κ1) is 19.3. The van der Waals surface area contributed by atoms with Crippen LogP contribution in [0.1, 0.15) is 23.0 Å². The average Bonchev–Trinajstić information content (AvgIpc) is 3.04. The van der Waals surface area contributed by atoms with Gasteiger partial charge in [0.05, 0.1) is 6.04 Å². The largest absolute Gasteiger partial charge is 0.325 e. The Balaban J connectivity index is 1.65. The molecule has 2 heterocycles. The van der Waals surface area contributed by atoms with Crippen molar-refractivity contribution in [3.63, 3.8) is 0 Å². The Morgan fingerprint density at radius 2 is 1.96 bits per heavy atom. The molecule has 1 aliphatic rings. The zero-order chi connectivity index (χ0) is 19.8. The van der Waals surface area contributed by atoms with Crippen LogP contribution in [0.25, 0.3) is 0 Å². The number of nitrogens with zero attached hydrogens (tertiary/aromatic N) is 3. The van der Waals surface area contributed by atoms with Crippen molar-refractivity contribution in [2.75, 3.05) is 10.7 Å². The predicted octanol–water partition coefficient (Wildman–Crippen LogP) is 4.71. The first-order valence-corrected chi connectivity index (χ1v) is 10.6. The summed E-state index contributed by atoms with van der Waals surface area (Å²) in [6.07, 6.45) is 0. The summed E-state index contributed by atoms with van der Waals surface area (Å²) in [7, 11) is 0. The lowest BCUT2D eigenvalue weighted by atomic mass is 10.0. The second-order valence-electron chi connectivity index (χ2n) is 6.52. The van der Waals surface area contributed by atoms with E-state index in [0.29, 0.717) is 10.2 Å². The fraction of sp³-hybridized carbons (Fsp3) is 0.211. The van der Waals surface area contributed by atoms with Crippen LogP contribution >= 0.6 is 39.3 Å². The molecule has 2 aromatic carbocycles. The molecule has 1 aliphatic heterocycles. The Morgan fingerprint density at radius 1 is 1.21 bits per heavy atom. The smallest absolute Gasteiger partial charge is 0.240 e. The summed E-state index contributed by atoms with van der Waals surface area (Å²) in [4.78, 5) is 13.2. The molecule has 1 amide bonds. The number of carbonyl (C=O) groups is 1. The standard InChI is InChI=1S/C19H17BrClN5OS/c1-10-9-14(7-8-15(10)20)22-18(27)17-16(12-3-5-13(21)6-4-12)25-26-11(2)23-24-19(26)28-17/h3-9,16-17,25H,1-2H3,(H,22,27). The van der Waals surface area contributed by atoms with Gasteiger partial charge in [0.2, 0.25) is 11.1 Å². The van der Waals surface area contributed by atoms with Crippen LogP contribution in [0.5, 0.6) is 0 Å². The molecule has 28 heavy (non-hydrogen) atoms. The van der Waals surface area contributed by atoms with E-state index in [-0.39, 0.29) is 11.9 Å². The van der Waals surface area contributed by atoms with Crippen LogP contribution < -0.4 is 10.7 Å². The van der Waals surface area contributed by atoms with E-state index < -0.39 is 5.25 Å². The van der Waals surface area contributed by atoms with Gasteiger partial charge in [-0.3, -0.25) is 4.79 Å². The molecule has 2 atom stereocenters. The van der Waals surface area contributed by atoms with Crippen molar-refractivity contribution >= 4 is 50.9 Å². The molecule has 144 valence electrons. The molecule has 0 saturated heterocycles. The maximum atomic E-state index is 13.2. The fourth-order valence-electron chi connectivity index (χ4n) is 3.02. The molecule has 9 heteroatoms. The van der Waals surface area contributed by atoms with E-state index >= 15 is 0 Å². The molecule has 0 spiro atoms. The van der Waals surface area contributed by atoms with Gasteiger partial charge in [0.15, 0.2) is 0 Å². The lowest BCUT2D eigenvalue weighted by Crippen LogP contribution is -2.41. The number of nitrogens with one attached hydrogen (secondary N) is 2. The second kappa shape index (κ2) is 7.77. The first-order chi connectivity index (χ1) is 13.4. The highest BCUT2D eigenvalue weighted by Gasteiger charge is 2.37. The summed E-state index contributed by atoms with van der Waals surface area (Å²) in [5, 5.41) is 12.2. The highest BCUT2D eigenvalue weighted by Crippen LogP contribution is 2.37. The Kier molecular flexibility index (Phi) is 5.35. The van der Waals surface area contributed by atoms with Gasteiger partial charge >= 0.3 is 0 Å². The van der Waals surface area contributed by atoms with Gasteiger partial charge in [-0.25, -0.2) is 4.68 Å². The van der Waals surface area contributed by atoms with E-state index in [1.165, 1.54) is 11.8 Å². The summed E-state index contributed by atoms with van der Waals surface area (Å²) in [6.45, 7) is 3.85. The van der Waals surface area contributed by atoms with Gasteiger partial charge in [-0.05, 0) is 55.3 Å². The quantitative estimate of drug-likeness (QED) is 0.570. The van der Waals surface area contributed by atoms with Crippen molar-refractivity contribution in [2.24, 2.45) is 0 Å². The lowest BCUT2D eigenvalue weighted by molar-refractivity contribution is -0.116. The summed E-state index contributed by atoms with van der Waals surface area (Å²) in [5.41, 5.74) is 6.15. The Bertz CT molecular complexity index is 1040. The SMILES string of the molecule is Cc1cc(NC(=O)C2Sc3nnc(C)n3NC2c2ccc(Cl)cc2)ccc1Br. The Labute approximate surface area is 180 Å². The molecule has 6 nitrogen and oxygen atoms in total. The Morgan fingerprint density at radius 3 is 2.68 bits per heavy atom. The monoisotopic (exact) mass is 477 g/mol. The van der Waals surface area contributed by atoms with E-state index in [1.54, 1.807) is 0 Å². The van der Waals surface area contributed by atoms with Gasteiger partial charge in [-0.15, -0.1) is 10.2 Å². The van der Waals surface area contributed by atoms with Gasteiger partial charge in [0, 0.05) is 15.2 Å². The highest BCUT2D eigenvalue weighted by atomic mass is 79.9.